The number of carbonyl (C=O) groups excluding carboxylic acids is 2. The number of ether oxygens (including phenoxy) is 8. The monoisotopic (exact) mass is 675 g/mol. The van der Waals surface area contributed by atoms with E-state index in [1.54, 1.807) is 44.3 Å². The van der Waals surface area contributed by atoms with Gasteiger partial charge in [0.2, 0.25) is 5.60 Å². The standard InChI is InChI=1S/C35H33NO13/c1-16-29(38)30(39)28(36-2)33(45-16)48-31-19-6-5-7-25-35(49-25,26-15-44-34(41)47-26)11-10-17(19)12-24(31)46-32(40)27-21-13-18(42-3)14-23(43-4)20(21)8-9-22(27)37/h6,8-9,12-14,16,24-26,28-31,33,36-39H,15H2,1-4H3/b19-6+/t16?,24-,25-,26-,28?,29?,30?,31-,33?,35+/m1/s1. The number of benzene rings is 2. The summed E-state index contributed by atoms with van der Waals surface area (Å²) in [7, 11) is 4.52. The lowest BCUT2D eigenvalue weighted by atomic mass is 9.97. The molecular weight excluding hydrogens is 642 g/mol. The van der Waals surface area contributed by atoms with Gasteiger partial charge in [-0.1, -0.05) is 23.7 Å². The number of phenolic OH excluding ortho intramolecular Hbond substituents is 1. The summed E-state index contributed by atoms with van der Waals surface area (Å²) in [6.07, 6.45) is -5.73. The fraction of sp³-hybridized carbons (Fsp3) is 0.429. The first kappa shape index (κ1) is 32.7. The fourth-order valence-corrected chi connectivity index (χ4v) is 6.46. The summed E-state index contributed by atoms with van der Waals surface area (Å²) in [6, 6.07) is 5.34. The van der Waals surface area contributed by atoms with Crippen molar-refractivity contribution in [3.8, 4) is 40.9 Å². The van der Waals surface area contributed by atoms with E-state index in [9.17, 15) is 24.9 Å². The van der Waals surface area contributed by atoms with Crippen LogP contribution in [0.3, 0.4) is 0 Å². The van der Waals surface area contributed by atoms with Crippen molar-refractivity contribution >= 4 is 22.9 Å². The van der Waals surface area contributed by atoms with E-state index in [0.717, 1.165) is 0 Å². The molecule has 2 aliphatic carbocycles. The Labute approximate surface area is 280 Å². The van der Waals surface area contributed by atoms with E-state index >= 15 is 0 Å². The van der Waals surface area contributed by atoms with E-state index in [0.29, 0.717) is 33.4 Å². The maximum absolute atomic E-state index is 14.0. The van der Waals surface area contributed by atoms with Crippen molar-refractivity contribution in [2.24, 2.45) is 0 Å². The lowest BCUT2D eigenvalue weighted by Gasteiger charge is -2.42. The van der Waals surface area contributed by atoms with Gasteiger partial charge in [-0.05, 0) is 44.3 Å². The summed E-state index contributed by atoms with van der Waals surface area (Å²) in [6.45, 7) is 1.54. The first-order chi connectivity index (χ1) is 23.6. The Morgan fingerprint density at radius 3 is 2.65 bits per heavy atom. The van der Waals surface area contributed by atoms with Crippen molar-refractivity contribution in [2.45, 2.75) is 67.6 Å². The summed E-state index contributed by atoms with van der Waals surface area (Å²) in [4.78, 5) is 25.7. The lowest BCUT2D eigenvalue weighted by molar-refractivity contribution is -0.273. The van der Waals surface area contributed by atoms with Crippen LogP contribution >= 0.6 is 0 Å². The molecule has 256 valence electrons. The number of hydrogen-bond donors (Lipinski definition) is 4. The molecule has 0 aromatic heterocycles. The predicted octanol–water partition coefficient (Wildman–Crippen LogP) is 1.09. The maximum atomic E-state index is 14.0. The van der Waals surface area contributed by atoms with Crippen LogP contribution in [0.2, 0.25) is 0 Å². The normalized spacial score (nSPS) is 35.1. The molecule has 0 bridgehead atoms. The van der Waals surface area contributed by atoms with E-state index < -0.39 is 72.8 Å². The average molecular weight is 676 g/mol. The molecule has 0 saturated carbocycles. The van der Waals surface area contributed by atoms with Gasteiger partial charge in [-0.25, -0.2) is 9.59 Å². The number of aromatic hydroxyl groups is 1. The molecule has 5 unspecified atom stereocenters. The molecule has 0 amide bonds. The largest absolute Gasteiger partial charge is 0.508 e. The van der Waals surface area contributed by atoms with Gasteiger partial charge in [0.15, 0.2) is 24.6 Å². The van der Waals surface area contributed by atoms with Crippen molar-refractivity contribution in [1.29, 1.82) is 0 Å². The average Bonchev–Trinajstić information content (AvgIpc) is 3.42. The van der Waals surface area contributed by atoms with E-state index in [4.69, 9.17) is 37.9 Å². The second-order valence-electron chi connectivity index (χ2n) is 12.0. The highest BCUT2D eigenvalue weighted by Crippen LogP contribution is 2.44. The molecule has 7 rings (SSSR count). The Bertz CT molecular complexity index is 1900. The van der Waals surface area contributed by atoms with Crippen molar-refractivity contribution in [1.82, 2.24) is 5.32 Å². The molecule has 5 aliphatic rings. The first-order valence-corrected chi connectivity index (χ1v) is 15.5. The topological polar surface area (TPSA) is 184 Å². The number of nitrogens with one attached hydrogen (secondary N) is 1. The Kier molecular flexibility index (Phi) is 8.40. The lowest BCUT2D eigenvalue weighted by Crippen LogP contribution is -2.62. The van der Waals surface area contributed by atoms with Crippen LogP contribution in [0.4, 0.5) is 4.79 Å². The van der Waals surface area contributed by atoms with Crippen LogP contribution in [0, 0.1) is 23.7 Å². The molecule has 0 spiro atoms. The molecule has 0 radical (unpaired) electrons. The molecule has 2 aromatic carbocycles. The molecule has 2 aromatic rings. The van der Waals surface area contributed by atoms with Gasteiger partial charge < -0.3 is 58.5 Å². The number of carbonyl (C=O) groups is 2. The fourth-order valence-electron chi connectivity index (χ4n) is 6.46. The Balaban J connectivity index is 1.28. The highest BCUT2D eigenvalue weighted by atomic mass is 16.8. The molecule has 10 atom stereocenters. The number of hydrogen-bond acceptors (Lipinski definition) is 14. The third kappa shape index (κ3) is 5.62. The van der Waals surface area contributed by atoms with Crippen LogP contribution in [0.25, 0.3) is 10.8 Å². The van der Waals surface area contributed by atoms with Gasteiger partial charge in [0.1, 0.15) is 47.7 Å². The number of methoxy groups -OCH3 is 2. The van der Waals surface area contributed by atoms with Crippen molar-refractivity contribution < 1.29 is 62.8 Å². The number of aliphatic hydroxyl groups excluding tert-OH is 2. The maximum Gasteiger partial charge on any atom is 0.508 e. The highest BCUT2D eigenvalue weighted by Gasteiger charge is 2.65. The summed E-state index contributed by atoms with van der Waals surface area (Å²) >= 11 is 0. The highest BCUT2D eigenvalue weighted by molar-refractivity contribution is 6.09. The molecule has 3 saturated heterocycles. The molecule has 14 nitrogen and oxygen atoms in total. The number of likely N-dealkylation sites (N-methyl/N-ethyl adjacent to an activating group) is 1. The predicted molar refractivity (Wildman–Crippen MR) is 168 cm³/mol. The van der Waals surface area contributed by atoms with E-state index in [1.165, 1.54) is 20.3 Å². The minimum Gasteiger partial charge on any atom is -0.507 e. The van der Waals surface area contributed by atoms with Crippen LogP contribution in [-0.4, -0.2) is 116 Å². The van der Waals surface area contributed by atoms with Gasteiger partial charge in [-0.2, -0.15) is 0 Å². The first-order valence-electron chi connectivity index (χ1n) is 15.5. The summed E-state index contributed by atoms with van der Waals surface area (Å²) in [5.41, 5.74) is -0.543. The quantitative estimate of drug-likeness (QED) is 0.177. The third-order valence-corrected chi connectivity index (χ3v) is 9.20. The van der Waals surface area contributed by atoms with Gasteiger partial charge >= 0.3 is 12.1 Å². The van der Waals surface area contributed by atoms with Crippen molar-refractivity contribution in [2.75, 3.05) is 27.9 Å². The Morgan fingerprint density at radius 1 is 1.12 bits per heavy atom. The summed E-state index contributed by atoms with van der Waals surface area (Å²) in [5.74, 6) is 11.6. The van der Waals surface area contributed by atoms with Crippen LogP contribution < -0.4 is 14.8 Å². The molecular formula is C35H33NO13. The second-order valence-corrected chi connectivity index (χ2v) is 12.0. The number of phenols is 1. The van der Waals surface area contributed by atoms with Gasteiger partial charge in [0.25, 0.3) is 0 Å². The van der Waals surface area contributed by atoms with E-state index in [-0.39, 0.29) is 17.9 Å². The molecule has 14 heteroatoms. The number of epoxide rings is 1. The Hall–Kier alpha value is -4.80. The van der Waals surface area contributed by atoms with Gasteiger partial charge in [0, 0.05) is 28.0 Å². The van der Waals surface area contributed by atoms with Crippen molar-refractivity contribution in [3.05, 3.63) is 53.1 Å². The van der Waals surface area contributed by atoms with Crippen molar-refractivity contribution in [3.63, 3.8) is 0 Å². The number of rotatable bonds is 8. The number of cyclic esters (lactones) is 2. The zero-order chi connectivity index (χ0) is 34.6. The van der Waals surface area contributed by atoms with Gasteiger partial charge in [-0.15, -0.1) is 0 Å². The van der Waals surface area contributed by atoms with E-state index in [1.807, 2.05) is 0 Å². The number of aliphatic hydroxyl groups is 2. The van der Waals surface area contributed by atoms with E-state index in [2.05, 4.69) is 29.0 Å². The molecule has 49 heavy (non-hydrogen) atoms. The second kappa shape index (κ2) is 12.6. The smallest absolute Gasteiger partial charge is 0.507 e. The number of allylic oxidation sites excluding steroid dienone is 1. The number of fused-ring (bicyclic) bond motifs is 3. The minimum absolute atomic E-state index is 0.0577. The molecule has 3 aliphatic heterocycles. The summed E-state index contributed by atoms with van der Waals surface area (Å²) in [5, 5.41) is 36.0. The zero-order valence-electron chi connectivity index (χ0n) is 26.8. The van der Waals surface area contributed by atoms with Crippen LogP contribution in [0.5, 0.6) is 17.2 Å². The van der Waals surface area contributed by atoms with Crippen LogP contribution in [0.1, 0.15) is 17.3 Å². The SMILES string of the molecule is CNC1C(O[C@@H]2/C3=C/C#C[C@H]4O[C@@]4([C@H]4COC(=O)O4)C#CC3=C[C@H]2OC(=O)c2c(O)ccc3c(OC)cc(OC)cc23)OC(C)C(O)C1O. The molecule has 3 fully saturated rings. The summed E-state index contributed by atoms with van der Waals surface area (Å²) < 4.78 is 45.4. The minimum atomic E-state index is -1.25. The molecule has 3 heterocycles. The Morgan fingerprint density at radius 2 is 1.94 bits per heavy atom. The zero-order valence-corrected chi connectivity index (χ0v) is 26.8. The van der Waals surface area contributed by atoms with Crippen LogP contribution in [0.15, 0.2) is 47.6 Å². The number of esters is 1. The van der Waals surface area contributed by atoms with Gasteiger partial charge in [-0.3, -0.25) is 0 Å². The third-order valence-electron chi connectivity index (χ3n) is 9.20. The van der Waals surface area contributed by atoms with Crippen LogP contribution in [-0.2, 0) is 28.4 Å². The van der Waals surface area contributed by atoms with Gasteiger partial charge in [0.05, 0.1) is 26.4 Å². The molecule has 4 N–H and O–H groups in total.